The molecule has 8 nitrogen and oxygen atoms in total. The van der Waals surface area contributed by atoms with Crippen LogP contribution in [0.2, 0.25) is 0 Å². The van der Waals surface area contributed by atoms with E-state index < -0.39 is 0 Å². The summed E-state index contributed by atoms with van der Waals surface area (Å²) in [6, 6.07) is 12.7. The number of carbonyl (C=O) groups excluding carboxylic acids is 2. The Balaban J connectivity index is 1.35. The summed E-state index contributed by atoms with van der Waals surface area (Å²) in [7, 11) is 3.57. The fourth-order valence-corrected chi connectivity index (χ4v) is 3.85. The monoisotopic (exact) mass is 436 g/mol. The summed E-state index contributed by atoms with van der Waals surface area (Å²) in [5.74, 6) is 1.43. The van der Waals surface area contributed by atoms with Crippen LogP contribution in [-0.4, -0.2) is 47.7 Å². The highest BCUT2D eigenvalue weighted by atomic mass is 16.5. The molecule has 2 aromatic carbocycles. The number of ether oxygens (including phenoxy) is 2. The molecule has 1 atom stereocenters. The molecule has 2 heterocycles. The first-order valence-electron chi connectivity index (χ1n) is 10.9. The highest BCUT2D eigenvalue weighted by molar-refractivity contribution is 6.05. The first-order valence-corrected chi connectivity index (χ1v) is 10.9. The number of carbonyl (C=O) groups is 2. The molecule has 8 heteroatoms. The van der Waals surface area contributed by atoms with E-state index in [1.807, 2.05) is 29.8 Å². The molecule has 1 fully saturated rings. The van der Waals surface area contributed by atoms with Crippen LogP contribution >= 0.6 is 0 Å². The van der Waals surface area contributed by atoms with Crippen LogP contribution in [0.3, 0.4) is 0 Å². The van der Waals surface area contributed by atoms with E-state index in [4.69, 9.17) is 14.5 Å². The molecule has 3 aromatic rings. The van der Waals surface area contributed by atoms with Crippen molar-refractivity contribution in [1.82, 2.24) is 14.9 Å². The Kier molecular flexibility index (Phi) is 6.70. The maximum absolute atomic E-state index is 12.5. The molecule has 2 amide bonds. The molecule has 4 rings (SSSR count). The Bertz CT molecular complexity index is 1100. The van der Waals surface area contributed by atoms with Gasteiger partial charge in [0.25, 0.3) is 5.91 Å². The third kappa shape index (κ3) is 4.91. The quantitative estimate of drug-likeness (QED) is 0.529. The van der Waals surface area contributed by atoms with Crippen molar-refractivity contribution < 1.29 is 19.1 Å². The standard InChI is InChI=1S/C24H28N4O4/c1-28-20-12-9-17(26-23(29)16-7-10-18(31-2)11-8-16)15-19(20)27-22(28)6-3-13-25-24(30)21-5-4-14-32-21/h7-12,15,21H,3-6,13-14H2,1-2H3,(H,25,30)(H,26,29)/t21-/m0/s1. The molecule has 0 aliphatic carbocycles. The summed E-state index contributed by atoms with van der Waals surface area (Å²) < 4.78 is 12.6. The molecule has 1 aliphatic heterocycles. The Hall–Kier alpha value is -3.39. The summed E-state index contributed by atoms with van der Waals surface area (Å²) in [5.41, 5.74) is 3.05. The predicted octanol–water partition coefficient (Wildman–Crippen LogP) is 3.06. The minimum atomic E-state index is -0.294. The smallest absolute Gasteiger partial charge is 0.255 e. The van der Waals surface area contributed by atoms with E-state index in [0.717, 1.165) is 42.5 Å². The van der Waals surface area contributed by atoms with Crippen molar-refractivity contribution in [3.63, 3.8) is 0 Å². The van der Waals surface area contributed by atoms with Crippen LogP contribution < -0.4 is 15.4 Å². The van der Waals surface area contributed by atoms with Crippen molar-refractivity contribution in [2.24, 2.45) is 7.05 Å². The number of anilines is 1. The van der Waals surface area contributed by atoms with Crippen LogP contribution in [0, 0.1) is 0 Å². The third-order valence-corrected chi connectivity index (χ3v) is 5.68. The molecule has 1 aromatic heterocycles. The summed E-state index contributed by atoms with van der Waals surface area (Å²) >= 11 is 0. The van der Waals surface area contributed by atoms with Gasteiger partial charge in [-0.1, -0.05) is 0 Å². The van der Waals surface area contributed by atoms with E-state index in [1.54, 1.807) is 31.4 Å². The second kappa shape index (κ2) is 9.82. The highest BCUT2D eigenvalue weighted by Crippen LogP contribution is 2.21. The number of amides is 2. The third-order valence-electron chi connectivity index (χ3n) is 5.68. The Morgan fingerprint density at radius 3 is 2.75 bits per heavy atom. The molecule has 0 saturated carbocycles. The van der Waals surface area contributed by atoms with Gasteiger partial charge in [0, 0.05) is 37.9 Å². The Morgan fingerprint density at radius 1 is 1.22 bits per heavy atom. The number of imidazole rings is 1. The molecule has 1 aliphatic rings. The van der Waals surface area contributed by atoms with Crippen molar-refractivity contribution >= 4 is 28.5 Å². The van der Waals surface area contributed by atoms with Crippen LogP contribution in [-0.2, 0) is 23.0 Å². The number of aryl methyl sites for hydroxylation is 2. The van der Waals surface area contributed by atoms with Gasteiger partial charge < -0.3 is 24.7 Å². The van der Waals surface area contributed by atoms with Gasteiger partial charge >= 0.3 is 0 Å². The molecule has 168 valence electrons. The fourth-order valence-electron chi connectivity index (χ4n) is 3.85. The molecule has 32 heavy (non-hydrogen) atoms. The van der Waals surface area contributed by atoms with E-state index >= 15 is 0 Å². The summed E-state index contributed by atoms with van der Waals surface area (Å²) in [4.78, 5) is 29.3. The minimum Gasteiger partial charge on any atom is -0.497 e. The van der Waals surface area contributed by atoms with Gasteiger partial charge in [-0.05, 0) is 61.7 Å². The number of hydrogen-bond acceptors (Lipinski definition) is 5. The summed E-state index contributed by atoms with van der Waals surface area (Å²) in [5, 5.41) is 5.86. The average Bonchev–Trinajstić information content (AvgIpc) is 3.45. The van der Waals surface area contributed by atoms with E-state index in [9.17, 15) is 9.59 Å². The zero-order chi connectivity index (χ0) is 22.5. The van der Waals surface area contributed by atoms with Crippen LogP contribution in [0.25, 0.3) is 11.0 Å². The van der Waals surface area contributed by atoms with Crippen molar-refractivity contribution in [2.75, 3.05) is 25.6 Å². The van der Waals surface area contributed by atoms with Gasteiger partial charge in [-0.3, -0.25) is 9.59 Å². The molecule has 0 unspecified atom stereocenters. The van der Waals surface area contributed by atoms with Crippen molar-refractivity contribution in [2.45, 2.75) is 31.8 Å². The lowest BCUT2D eigenvalue weighted by Crippen LogP contribution is -2.34. The lowest BCUT2D eigenvalue weighted by Gasteiger charge is -2.10. The van der Waals surface area contributed by atoms with Gasteiger partial charge in [-0.2, -0.15) is 0 Å². The summed E-state index contributed by atoms with van der Waals surface area (Å²) in [6.45, 7) is 1.26. The Morgan fingerprint density at radius 2 is 2.03 bits per heavy atom. The van der Waals surface area contributed by atoms with Crippen molar-refractivity contribution in [3.8, 4) is 5.75 Å². The van der Waals surface area contributed by atoms with E-state index in [1.165, 1.54) is 0 Å². The molecule has 0 spiro atoms. The molecule has 0 radical (unpaired) electrons. The van der Waals surface area contributed by atoms with E-state index in [-0.39, 0.29) is 17.9 Å². The van der Waals surface area contributed by atoms with E-state index in [0.29, 0.717) is 30.2 Å². The number of benzene rings is 2. The van der Waals surface area contributed by atoms with Crippen LogP contribution in [0.1, 0.15) is 35.4 Å². The predicted molar refractivity (Wildman–Crippen MR) is 122 cm³/mol. The van der Waals surface area contributed by atoms with Crippen LogP contribution in [0.5, 0.6) is 5.75 Å². The second-order valence-corrected chi connectivity index (χ2v) is 7.87. The van der Waals surface area contributed by atoms with Gasteiger partial charge in [-0.15, -0.1) is 0 Å². The molecular formula is C24H28N4O4. The number of aromatic nitrogens is 2. The SMILES string of the molecule is COc1ccc(C(=O)Nc2ccc3c(c2)nc(CCCNC(=O)[C@@H]2CCCO2)n3C)cc1. The number of nitrogens with zero attached hydrogens (tertiary/aromatic N) is 2. The molecular weight excluding hydrogens is 408 g/mol. The number of hydrogen-bond donors (Lipinski definition) is 2. The highest BCUT2D eigenvalue weighted by Gasteiger charge is 2.22. The first-order chi connectivity index (χ1) is 15.5. The van der Waals surface area contributed by atoms with Crippen LogP contribution in [0.4, 0.5) is 5.69 Å². The van der Waals surface area contributed by atoms with Crippen LogP contribution in [0.15, 0.2) is 42.5 Å². The van der Waals surface area contributed by atoms with Gasteiger partial charge in [-0.25, -0.2) is 4.98 Å². The lowest BCUT2D eigenvalue weighted by atomic mass is 10.2. The largest absolute Gasteiger partial charge is 0.497 e. The van der Waals surface area contributed by atoms with Gasteiger partial charge in [0.05, 0.1) is 18.1 Å². The number of nitrogens with one attached hydrogen (secondary N) is 2. The first kappa shape index (κ1) is 21.8. The van der Waals surface area contributed by atoms with Crippen molar-refractivity contribution in [1.29, 1.82) is 0 Å². The maximum Gasteiger partial charge on any atom is 0.255 e. The molecule has 2 N–H and O–H groups in total. The number of fused-ring (bicyclic) bond motifs is 1. The summed E-state index contributed by atoms with van der Waals surface area (Å²) in [6.07, 6.45) is 2.98. The Labute approximate surface area is 186 Å². The minimum absolute atomic E-state index is 0.0234. The van der Waals surface area contributed by atoms with Gasteiger partial charge in [0.15, 0.2) is 0 Å². The zero-order valence-corrected chi connectivity index (χ0v) is 18.4. The topological polar surface area (TPSA) is 94.5 Å². The van der Waals surface area contributed by atoms with Gasteiger partial charge in [0.1, 0.15) is 17.7 Å². The number of rotatable bonds is 8. The average molecular weight is 437 g/mol. The molecule has 1 saturated heterocycles. The van der Waals surface area contributed by atoms with Gasteiger partial charge in [0.2, 0.25) is 5.91 Å². The maximum atomic E-state index is 12.5. The zero-order valence-electron chi connectivity index (χ0n) is 18.4. The fraction of sp³-hybridized carbons (Fsp3) is 0.375. The second-order valence-electron chi connectivity index (χ2n) is 7.87. The normalized spacial score (nSPS) is 15.6. The van der Waals surface area contributed by atoms with Crippen molar-refractivity contribution in [3.05, 3.63) is 53.9 Å². The van der Waals surface area contributed by atoms with E-state index in [2.05, 4.69) is 10.6 Å². The number of methoxy groups -OCH3 is 1. The lowest BCUT2D eigenvalue weighted by molar-refractivity contribution is -0.130. The molecule has 0 bridgehead atoms.